The molecule has 0 amide bonds. The predicted molar refractivity (Wildman–Crippen MR) is 99.2 cm³/mol. The zero-order valence-corrected chi connectivity index (χ0v) is 14.7. The lowest BCUT2D eigenvalue weighted by Crippen LogP contribution is -2.03. The van der Waals surface area contributed by atoms with E-state index in [0.29, 0.717) is 36.6 Å². The molecule has 0 radical (unpaired) electrons. The molecule has 0 saturated heterocycles. The Morgan fingerprint density at radius 1 is 1.19 bits per heavy atom. The first-order valence-corrected chi connectivity index (χ1v) is 8.29. The molecule has 0 saturated carbocycles. The normalized spacial score (nSPS) is 11.3. The SMILES string of the molecule is Cc1oc(-c2ccccc2)nc1CCOc1ccc(N=C(C=O)OO)cc1. The quantitative estimate of drug-likeness (QED) is 0.223. The molecule has 3 rings (SSSR count). The molecule has 7 nitrogen and oxygen atoms in total. The highest BCUT2D eigenvalue weighted by Gasteiger charge is 2.11. The van der Waals surface area contributed by atoms with E-state index in [4.69, 9.17) is 14.4 Å². The van der Waals surface area contributed by atoms with E-state index >= 15 is 0 Å². The summed E-state index contributed by atoms with van der Waals surface area (Å²) in [5.41, 5.74) is 2.25. The number of aldehydes is 1. The van der Waals surface area contributed by atoms with Crippen LogP contribution in [0.4, 0.5) is 5.69 Å². The van der Waals surface area contributed by atoms with Crippen LogP contribution in [0.15, 0.2) is 64.0 Å². The number of aromatic nitrogens is 1. The Morgan fingerprint density at radius 2 is 1.93 bits per heavy atom. The number of aliphatic imine (C=N–C) groups is 1. The molecule has 27 heavy (non-hydrogen) atoms. The molecule has 7 heteroatoms. The second-order valence-electron chi connectivity index (χ2n) is 5.64. The van der Waals surface area contributed by atoms with Gasteiger partial charge in [-0.05, 0) is 43.3 Å². The van der Waals surface area contributed by atoms with Gasteiger partial charge in [-0.15, -0.1) is 0 Å². The Hall–Kier alpha value is -3.45. The van der Waals surface area contributed by atoms with Gasteiger partial charge in [-0.3, -0.25) is 4.79 Å². The average Bonchev–Trinajstić information content (AvgIpc) is 3.08. The molecule has 1 heterocycles. The summed E-state index contributed by atoms with van der Waals surface area (Å²) in [5, 5.41) is 8.46. The van der Waals surface area contributed by atoms with Gasteiger partial charge in [-0.25, -0.2) is 15.2 Å². The number of nitrogens with zero attached hydrogens (tertiary/aromatic N) is 2. The Morgan fingerprint density at radius 3 is 2.59 bits per heavy atom. The lowest BCUT2D eigenvalue weighted by Gasteiger charge is -2.05. The van der Waals surface area contributed by atoms with Crippen LogP contribution in [0.5, 0.6) is 5.75 Å². The van der Waals surface area contributed by atoms with Gasteiger partial charge in [0.2, 0.25) is 12.2 Å². The van der Waals surface area contributed by atoms with Crippen molar-refractivity contribution in [1.29, 1.82) is 0 Å². The maximum absolute atomic E-state index is 10.5. The molecule has 2 aromatic carbocycles. The minimum absolute atomic E-state index is 0.314. The Kier molecular flexibility index (Phi) is 5.96. The van der Waals surface area contributed by atoms with Gasteiger partial charge >= 0.3 is 0 Å². The van der Waals surface area contributed by atoms with Crippen LogP contribution in [0.3, 0.4) is 0 Å². The number of benzene rings is 2. The molecule has 0 bridgehead atoms. The molecule has 0 unspecified atom stereocenters. The fourth-order valence-corrected chi connectivity index (χ4v) is 2.44. The highest BCUT2D eigenvalue weighted by molar-refractivity contribution is 6.24. The molecule has 1 N–H and O–H groups in total. The largest absolute Gasteiger partial charge is 0.493 e. The molecule has 0 aliphatic carbocycles. The molecule has 0 spiro atoms. The molecule has 0 atom stereocenters. The van der Waals surface area contributed by atoms with Gasteiger partial charge in [-0.2, -0.15) is 0 Å². The third kappa shape index (κ3) is 4.80. The van der Waals surface area contributed by atoms with Gasteiger partial charge in [0.15, 0.2) is 0 Å². The zero-order chi connectivity index (χ0) is 19.1. The van der Waals surface area contributed by atoms with E-state index < -0.39 is 5.90 Å². The minimum Gasteiger partial charge on any atom is -0.493 e. The van der Waals surface area contributed by atoms with E-state index in [1.54, 1.807) is 24.3 Å². The summed E-state index contributed by atoms with van der Waals surface area (Å²) in [6, 6.07) is 16.4. The highest BCUT2D eigenvalue weighted by atomic mass is 17.1. The van der Waals surface area contributed by atoms with E-state index in [1.165, 1.54) is 0 Å². The Labute approximate surface area is 155 Å². The standard InChI is InChI=1S/C20H18N2O5/c1-14-18(22-20(26-14)15-5-3-2-4-6-15)11-12-25-17-9-7-16(8-10-17)21-19(13-23)27-24/h2-10,13,24H,11-12H2,1H3. The highest BCUT2D eigenvalue weighted by Crippen LogP contribution is 2.22. The van der Waals surface area contributed by atoms with Crippen LogP contribution in [-0.2, 0) is 16.1 Å². The van der Waals surface area contributed by atoms with Crippen LogP contribution in [0, 0.1) is 6.92 Å². The Balaban J connectivity index is 1.58. The van der Waals surface area contributed by atoms with Crippen molar-refractivity contribution in [3.63, 3.8) is 0 Å². The molecule has 0 fully saturated rings. The van der Waals surface area contributed by atoms with Crippen molar-refractivity contribution in [2.75, 3.05) is 6.61 Å². The smallest absolute Gasteiger partial charge is 0.296 e. The van der Waals surface area contributed by atoms with Gasteiger partial charge in [0.25, 0.3) is 5.90 Å². The summed E-state index contributed by atoms with van der Waals surface area (Å²) in [7, 11) is 0. The molecule has 1 aromatic heterocycles. The monoisotopic (exact) mass is 366 g/mol. The average molecular weight is 366 g/mol. The van der Waals surface area contributed by atoms with E-state index in [-0.39, 0.29) is 0 Å². The van der Waals surface area contributed by atoms with Gasteiger partial charge in [0, 0.05) is 12.0 Å². The van der Waals surface area contributed by atoms with Crippen molar-refractivity contribution in [3.05, 3.63) is 66.1 Å². The van der Waals surface area contributed by atoms with Crippen molar-refractivity contribution in [3.8, 4) is 17.2 Å². The van der Waals surface area contributed by atoms with Crippen molar-refractivity contribution >= 4 is 17.9 Å². The number of hydrogen-bond donors (Lipinski definition) is 1. The second-order valence-corrected chi connectivity index (χ2v) is 5.64. The number of oxazole rings is 1. The number of rotatable bonds is 7. The summed E-state index contributed by atoms with van der Waals surface area (Å²) < 4.78 is 11.4. The number of aryl methyl sites for hydroxylation is 1. The van der Waals surface area contributed by atoms with E-state index in [1.807, 2.05) is 37.3 Å². The molecular weight excluding hydrogens is 348 g/mol. The van der Waals surface area contributed by atoms with Gasteiger partial charge in [0.05, 0.1) is 18.0 Å². The van der Waals surface area contributed by atoms with Crippen LogP contribution in [0.2, 0.25) is 0 Å². The van der Waals surface area contributed by atoms with E-state index in [9.17, 15) is 4.79 Å². The van der Waals surface area contributed by atoms with Gasteiger partial charge in [-0.1, -0.05) is 18.2 Å². The van der Waals surface area contributed by atoms with Crippen LogP contribution >= 0.6 is 0 Å². The maximum Gasteiger partial charge on any atom is 0.296 e. The van der Waals surface area contributed by atoms with Crippen molar-refractivity contribution in [2.45, 2.75) is 13.3 Å². The predicted octanol–water partition coefficient (Wildman–Crippen LogP) is 3.99. The number of carbonyl (C=O) groups is 1. The summed E-state index contributed by atoms with van der Waals surface area (Å²) in [4.78, 5) is 22.7. The number of carbonyl (C=O) groups excluding carboxylic acids is 1. The third-order valence-corrected chi connectivity index (χ3v) is 3.79. The van der Waals surface area contributed by atoms with Crippen molar-refractivity contribution in [2.24, 2.45) is 4.99 Å². The topological polar surface area (TPSA) is 94.2 Å². The fourth-order valence-electron chi connectivity index (χ4n) is 2.44. The molecule has 138 valence electrons. The van der Waals surface area contributed by atoms with E-state index in [0.717, 1.165) is 17.0 Å². The summed E-state index contributed by atoms with van der Waals surface area (Å²) in [6.07, 6.45) is 0.921. The maximum atomic E-state index is 10.5. The first-order chi connectivity index (χ1) is 13.2. The third-order valence-electron chi connectivity index (χ3n) is 3.79. The van der Waals surface area contributed by atoms with Crippen molar-refractivity contribution < 1.29 is 24.1 Å². The molecule has 0 aliphatic rings. The molecule has 0 aliphatic heterocycles. The van der Waals surface area contributed by atoms with Crippen LogP contribution < -0.4 is 4.74 Å². The first-order valence-electron chi connectivity index (χ1n) is 8.29. The summed E-state index contributed by atoms with van der Waals surface area (Å²) in [6.45, 7) is 2.32. The van der Waals surface area contributed by atoms with Crippen LogP contribution in [-0.4, -0.2) is 29.0 Å². The van der Waals surface area contributed by atoms with Gasteiger partial charge in [0.1, 0.15) is 11.5 Å². The lowest BCUT2D eigenvalue weighted by molar-refractivity contribution is -0.158. The van der Waals surface area contributed by atoms with Gasteiger partial charge < -0.3 is 14.0 Å². The zero-order valence-electron chi connectivity index (χ0n) is 14.7. The summed E-state index contributed by atoms with van der Waals surface area (Å²) in [5.74, 6) is 1.60. The number of hydrogen-bond acceptors (Lipinski definition) is 7. The second kappa shape index (κ2) is 8.77. The number of ether oxygens (including phenoxy) is 1. The molecular formula is C20H18N2O5. The molecule has 3 aromatic rings. The first kappa shape index (κ1) is 18.3. The lowest BCUT2D eigenvalue weighted by atomic mass is 10.2. The fraction of sp³-hybridized carbons (Fsp3) is 0.150. The van der Waals surface area contributed by atoms with Crippen LogP contribution in [0.25, 0.3) is 11.5 Å². The summed E-state index contributed by atoms with van der Waals surface area (Å²) >= 11 is 0. The van der Waals surface area contributed by atoms with Crippen molar-refractivity contribution in [1.82, 2.24) is 4.98 Å². The minimum atomic E-state index is -0.417. The van der Waals surface area contributed by atoms with Crippen LogP contribution in [0.1, 0.15) is 11.5 Å². The Bertz CT molecular complexity index is 917. The van der Waals surface area contributed by atoms with E-state index in [2.05, 4.69) is 14.9 Å².